The van der Waals surface area contributed by atoms with Crippen molar-refractivity contribution in [3.63, 3.8) is 0 Å². The highest BCUT2D eigenvalue weighted by atomic mass is 32.2. The molecule has 0 spiro atoms. The number of rotatable bonds is 9. The van der Waals surface area contributed by atoms with Crippen molar-refractivity contribution >= 4 is 15.9 Å². The van der Waals surface area contributed by atoms with Gasteiger partial charge in [0.2, 0.25) is 15.9 Å². The summed E-state index contributed by atoms with van der Waals surface area (Å²) in [6.45, 7) is 5.05. The van der Waals surface area contributed by atoms with Crippen LogP contribution >= 0.6 is 0 Å². The molecule has 146 valence electrons. The SMILES string of the molecule is CCCCCCC(C)NC(=O)C1CCN(S(=O)(=O)c2ccccc2)CC1. The molecule has 1 aliphatic rings. The largest absolute Gasteiger partial charge is 0.353 e. The van der Waals surface area contributed by atoms with E-state index >= 15 is 0 Å². The summed E-state index contributed by atoms with van der Waals surface area (Å²) in [5.74, 6) is -0.0138. The van der Waals surface area contributed by atoms with Crippen LogP contribution in [0.15, 0.2) is 35.2 Å². The molecule has 2 rings (SSSR count). The molecule has 1 amide bonds. The summed E-state index contributed by atoms with van der Waals surface area (Å²) in [6, 6.07) is 8.69. The van der Waals surface area contributed by atoms with Crippen LogP contribution < -0.4 is 5.32 Å². The Hall–Kier alpha value is -1.40. The first-order chi connectivity index (χ1) is 12.4. The Morgan fingerprint density at radius 2 is 1.81 bits per heavy atom. The summed E-state index contributed by atoms with van der Waals surface area (Å²) in [7, 11) is -3.45. The maximum Gasteiger partial charge on any atom is 0.243 e. The van der Waals surface area contributed by atoms with E-state index in [1.165, 1.54) is 23.6 Å². The third-order valence-electron chi connectivity index (χ3n) is 5.09. The van der Waals surface area contributed by atoms with Crippen molar-refractivity contribution in [3.05, 3.63) is 30.3 Å². The van der Waals surface area contributed by atoms with E-state index in [2.05, 4.69) is 19.2 Å². The number of sulfonamides is 1. The van der Waals surface area contributed by atoms with Crippen LogP contribution in [0.4, 0.5) is 0 Å². The van der Waals surface area contributed by atoms with Crippen molar-refractivity contribution in [1.82, 2.24) is 9.62 Å². The normalized spacial score (nSPS) is 17.8. The van der Waals surface area contributed by atoms with Crippen LogP contribution in [0.1, 0.15) is 58.8 Å². The van der Waals surface area contributed by atoms with Crippen LogP contribution in [0.2, 0.25) is 0 Å². The fourth-order valence-electron chi connectivity index (χ4n) is 3.41. The van der Waals surface area contributed by atoms with Crippen LogP contribution in [0, 0.1) is 5.92 Å². The lowest BCUT2D eigenvalue weighted by Crippen LogP contribution is -2.44. The van der Waals surface area contributed by atoms with Crippen LogP contribution in [0.5, 0.6) is 0 Å². The predicted molar refractivity (Wildman–Crippen MR) is 104 cm³/mol. The van der Waals surface area contributed by atoms with Gasteiger partial charge < -0.3 is 5.32 Å². The molecule has 26 heavy (non-hydrogen) atoms. The molecule has 1 aromatic carbocycles. The minimum Gasteiger partial charge on any atom is -0.353 e. The quantitative estimate of drug-likeness (QED) is 0.666. The Bertz CT molecular complexity index is 653. The summed E-state index contributed by atoms with van der Waals surface area (Å²) in [5.41, 5.74) is 0. The van der Waals surface area contributed by atoms with Gasteiger partial charge in [0.05, 0.1) is 4.90 Å². The molecular formula is C20H32N2O3S. The van der Waals surface area contributed by atoms with Gasteiger partial charge in [0.25, 0.3) is 0 Å². The second kappa shape index (κ2) is 10.1. The number of carbonyl (C=O) groups is 1. The molecule has 1 fully saturated rings. The highest BCUT2D eigenvalue weighted by molar-refractivity contribution is 7.89. The van der Waals surface area contributed by atoms with E-state index in [0.717, 1.165) is 12.8 Å². The Labute approximate surface area is 158 Å². The maximum atomic E-state index is 12.6. The Morgan fingerprint density at radius 1 is 1.15 bits per heavy atom. The molecule has 0 aromatic heterocycles. The number of nitrogens with zero attached hydrogens (tertiary/aromatic N) is 1. The molecule has 6 heteroatoms. The Morgan fingerprint density at radius 3 is 2.42 bits per heavy atom. The first-order valence-electron chi connectivity index (χ1n) is 9.80. The van der Waals surface area contributed by atoms with Gasteiger partial charge in [-0.3, -0.25) is 4.79 Å². The van der Waals surface area contributed by atoms with E-state index in [1.807, 2.05) is 0 Å². The highest BCUT2D eigenvalue weighted by Gasteiger charge is 2.32. The van der Waals surface area contributed by atoms with Gasteiger partial charge in [-0.2, -0.15) is 4.31 Å². The third-order valence-corrected chi connectivity index (χ3v) is 7.00. The number of carbonyl (C=O) groups excluding carboxylic acids is 1. The van der Waals surface area contributed by atoms with Gasteiger partial charge in [0.15, 0.2) is 0 Å². The first-order valence-corrected chi connectivity index (χ1v) is 11.2. The van der Waals surface area contributed by atoms with Gasteiger partial charge in [-0.15, -0.1) is 0 Å². The fourth-order valence-corrected chi connectivity index (χ4v) is 4.90. The average Bonchev–Trinajstić information content (AvgIpc) is 2.66. The van der Waals surface area contributed by atoms with Gasteiger partial charge in [-0.05, 0) is 38.3 Å². The molecule has 1 heterocycles. The summed E-state index contributed by atoms with van der Waals surface area (Å²) < 4.78 is 26.8. The molecule has 1 aliphatic heterocycles. The molecule has 0 aliphatic carbocycles. The van der Waals surface area contributed by atoms with Crippen molar-refractivity contribution in [2.45, 2.75) is 69.7 Å². The number of benzene rings is 1. The number of nitrogens with one attached hydrogen (secondary N) is 1. The first kappa shape index (κ1) is 20.9. The summed E-state index contributed by atoms with van der Waals surface area (Å²) in [4.78, 5) is 12.8. The van der Waals surface area contributed by atoms with Crippen LogP contribution in [0.25, 0.3) is 0 Å². The highest BCUT2D eigenvalue weighted by Crippen LogP contribution is 2.24. The molecule has 1 N–H and O–H groups in total. The van der Waals surface area contributed by atoms with Gasteiger partial charge in [0.1, 0.15) is 0 Å². The second-order valence-corrected chi connectivity index (χ2v) is 9.19. The van der Waals surface area contributed by atoms with Gasteiger partial charge in [0, 0.05) is 25.0 Å². The molecule has 1 atom stereocenters. The Kier molecular flexibility index (Phi) is 8.10. The molecule has 1 unspecified atom stereocenters. The summed E-state index contributed by atoms with van der Waals surface area (Å²) in [5, 5.41) is 3.10. The second-order valence-electron chi connectivity index (χ2n) is 7.25. The minimum atomic E-state index is -3.45. The lowest BCUT2D eigenvalue weighted by Gasteiger charge is -2.31. The van der Waals surface area contributed by atoms with Crippen LogP contribution in [-0.2, 0) is 14.8 Å². The van der Waals surface area contributed by atoms with Crippen molar-refractivity contribution in [2.75, 3.05) is 13.1 Å². The number of hydrogen-bond donors (Lipinski definition) is 1. The molecule has 5 nitrogen and oxygen atoms in total. The van der Waals surface area contributed by atoms with E-state index in [4.69, 9.17) is 0 Å². The predicted octanol–water partition coefficient (Wildman–Crippen LogP) is 3.56. The van der Waals surface area contributed by atoms with E-state index in [0.29, 0.717) is 30.8 Å². The maximum absolute atomic E-state index is 12.6. The van der Waals surface area contributed by atoms with E-state index in [1.54, 1.807) is 30.3 Å². The standard InChI is InChI=1S/C20H32N2O3S/c1-3-4-5-7-10-17(2)21-20(23)18-13-15-22(16-14-18)26(24,25)19-11-8-6-9-12-19/h6,8-9,11-12,17-18H,3-5,7,10,13-16H2,1-2H3,(H,21,23). The molecule has 1 aromatic rings. The smallest absolute Gasteiger partial charge is 0.243 e. The number of unbranched alkanes of at least 4 members (excludes halogenated alkanes) is 3. The van der Waals surface area contributed by atoms with E-state index in [-0.39, 0.29) is 17.9 Å². The van der Waals surface area contributed by atoms with Gasteiger partial charge >= 0.3 is 0 Å². The van der Waals surface area contributed by atoms with Crippen molar-refractivity contribution in [1.29, 1.82) is 0 Å². The minimum absolute atomic E-state index is 0.0738. The number of amides is 1. The summed E-state index contributed by atoms with van der Waals surface area (Å²) >= 11 is 0. The fraction of sp³-hybridized carbons (Fsp3) is 0.650. The molecule has 1 saturated heterocycles. The summed E-state index contributed by atoms with van der Waals surface area (Å²) in [6.07, 6.45) is 6.99. The molecule has 0 saturated carbocycles. The monoisotopic (exact) mass is 380 g/mol. The molecule has 0 bridgehead atoms. The van der Waals surface area contributed by atoms with Crippen molar-refractivity contribution < 1.29 is 13.2 Å². The Balaban J connectivity index is 1.79. The van der Waals surface area contributed by atoms with Crippen LogP contribution in [-0.4, -0.2) is 37.8 Å². The average molecular weight is 381 g/mol. The molecule has 0 radical (unpaired) electrons. The number of hydrogen-bond acceptors (Lipinski definition) is 3. The topological polar surface area (TPSA) is 66.5 Å². The third kappa shape index (κ3) is 5.81. The van der Waals surface area contributed by atoms with Crippen molar-refractivity contribution in [3.8, 4) is 0 Å². The van der Waals surface area contributed by atoms with Crippen molar-refractivity contribution in [2.24, 2.45) is 5.92 Å². The zero-order chi connectivity index (χ0) is 19.0. The van der Waals surface area contributed by atoms with E-state index in [9.17, 15) is 13.2 Å². The van der Waals surface area contributed by atoms with Gasteiger partial charge in [-0.25, -0.2) is 8.42 Å². The lowest BCUT2D eigenvalue weighted by atomic mass is 9.96. The zero-order valence-electron chi connectivity index (χ0n) is 16.0. The van der Waals surface area contributed by atoms with Crippen LogP contribution in [0.3, 0.4) is 0 Å². The van der Waals surface area contributed by atoms with Gasteiger partial charge in [-0.1, -0.05) is 50.8 Å². The number of piperidine rings is 1. The lowest BCUT2D eigenvalue weighted by molar-refractivity contribution is -0.126. The zero-order valence-corrected chi connectivity index (χ0v) is 16.8. The van der Waals surface area contributed by atoms with E-state index < -0.39 is 10.0 Å². The molecular weight excluding hydrogens is 348 g/mol.